The van der Waals surface area contributed by atoms with Crippen LogP contribution in [0.15, 0.2) is 30.3 Å². The molecule has 3 unspecified atom stereocenters. The lowest BCUT2D eigenvalue weighted by atomic mass is 10.0. The summed E-state index contributed by atoms with van der Waals surface area (Å²) in [5.74, 6) is 0. The Labute approximate surface area is 109 Å². The molecule has 1 aliphatic carbocycles. The van der Waals surface area contributed by atoms with Crippen molar-refractivity contribution in [3.05, 3.63) is 35.9 Å². The standard InChI is InChI=1S/C15H20N2O/c1-18-15-9-5-8-14(15)17-13(10-11-16)12-6-3-2-4-7-12/h2-4,6-7,13-15,17H,5,8-10H2,1H3. The van der Waals surface area contributed by atoms with Gasteiger partial charge in [-0.2, -0.15) is 5.26 Å². The van der Waals surface area contributed by atoms with E-state index in [-0.39, 0.29) is 12.1 Å². The van der Waals surface area contributed by atoms with Gasteiger partial charge in [-0.25, -0.2) is 0 Å². The van der Waals surface area contributed by atoms with Crippen molar-refractivity contribution in [2.75, 3.05) is 7.11 Å². The summed E-state index contributed by atoms with van der Waals surface area (Å²) in [6, 6.07) is 12.9. The molecule has 1 saturated carbocycles. The summed E-state index contributed by atoms with van der Waals surface area (Å²) in [5.41, 5.74) is 1.18. The number of rotatable bonds is 5. The van der Waals surface area contributed by atoms with Gasteiger partial charge in [0.1, 0.15) is 0 Å². The van der Waals surface area contributed by atoms with Crippen LogP contribution in [0, 0.1) is 11.3 Å². The van der Waals surface area contributed by atoms with E-state index in [1.165, 1.54) is 12.0 Å². The number of benzene rings is 1. The largest absolute Gasteiger partial charge is 0.380 e. The monoisotopic (exact) mass is 244 g/mol. The van der Waals surface area contributed by atoms with E-state index < -0.39 is 0 Å². The molecule has 0 bridgehead atoms. The van der Waals surface area contributed by atoms with Gasteiger partial charge < -0.3 is 10.1 Å². The van der Waals surface area contributed by atoms with Crippen LogP contribution in [-0.2, 0) is 4.74 Å². The maximum absolute atomic E-state index is 8.97. The number of nitriles is 1. The minimum absolute atomic E-state index is 0.108. The lowest BCUT2D eigenvalue weighted by molar-refractivity contribution is 0.0814. The molecule has 1 aromatic carbocycles. The molecule has 1 aromatic rings. The van der Waals surface area contributed by atoms with Gasteiger partial charge in [0.25, 0.3) is 0 Å². The molecule has 3 nitrogen and oxygen atoms in total. The first-order chi connectivity index (χ1) is 8.85. The van der Waals surface area contributed by atoms with Crippen LogP contribution in [0.1, 0.15) is 37.3 Å². The van der Waals surface area contributed by atoms with Gasteiger partial charge in [0.2, 0.25) is 0 Å². The number of hydrogen-bond donors (Lipinski definition) is 1. The molecule has 96 valence electrons. The molecule has 0 spiro atoms. The van der Waals surface area contributed by atoms with E-state index in [4.69, 9.17) is 10.00 Å². The van der Waals surface area contributed by atoms with Crippen LogP contribution in [0.2, 0.25) is 0 Å². The summed E-state index contributed by atoms with van der Waals surface area (Å²) < 4.78 is 5.49. The van der Waals surface area contributed by atoms with E-state index in [2.05, 4.69) is 23.5 Å². The van der Waals surface area contributed by atoms with Crippen molar-refractivity contribution in [1.29, 1.82) is 5.26 Å². The van der Waals surface area contributed by atoms with Crippen molar-refractivity contribution in [2.45, 2.75) is 43.9 Å². The Balaban J connectivity index is 2.05. The lowest BCUT2D eigenvalue weighted by Gasteiger charge is -2.25. The Morgan fingerprint density at radius 2 is 2.17 bits per heavy atom. The smallest absolute Gasteiger partial charge is 0.0724 e. The van der Waals surface area contributed by atoms with Crippen molar-refractivity contribution in [3.8, 4) is 6.07 Å². The second-order valence-electron chi connectivity index (χ2n) is 4.80. The molecule has 1 fully saturated rings. The third-order valence-electron chi connectivity index (χ3n) is 3.67. The summed E-state index contributed by atoms with van der Waals surface area (Å²) >= 11 is 0. The molecule has 0 radical (unpaired) electrons. The van der Waals surface area contributed by atoms with E-state index in [1.807, 2.05) is 18.2 Å². The summed E-state index contributed by atoms with van der Waals surface area (Å²) in [7, 11) is 1.77. The number of ether oxygens (including phenoxy) is 1. The zero-order chi connectivity index (χ0) is 12.8. The number of nitrogens with zero attached hydrogens (tertiary/aromatic N) is 1. The first-order valence-electron chi connectivity index (χ1n) is 6.56. The van der Waals surface area contributed by atoms with E-state index in [0.29, 0.717) is 12.5 Å². The van der Waals surface area contributed by atoms with Gasteiger partial charge in [0.15, 0.2) is 0 Å². The van der Waals surface area contributed by atoms with Crippen LogP contribution in [-0.4, -0.2) is 19.3 Å². The Morgan fingerprint density at radius 3 is 2.83 bits per heavy atom. The summed E-state index contributed by atoms with van der Waals surface area (Å²) in [5, 5.41) is 12.6. The molecular formula is C15H20N2O. The van der Waals surface area contributed by atoms with Gasteiger partial charge in [0, 0.05) is 19.2 Å². The fourth-order valence-electron chi connectivity index (χ4n) is 2.71. The first-order valence-corrected chi connectivity index (χ1v) is 6.56. The number of nitrogens with one attached hydrogen (secondary N) is 1. The predicted octanol–water partition coefficient (Wildman–Crippen LogP) is 2.80. The van der Waals surface area contributed by atoms with E-state index in [0.717, 1.165) is 12.8 Å². The molecule has 2 rings (SSSR count). The molecule has 0 amide bonds. The zero-order valence-corrected chi connectivity index (χ0v) is 10.8. The molecular weight excluding hydrogens is 224 g/mol. The van der Waals surface area contributed by atoms with Crippen molar-refractivity contribution in [2.24, 2.45) is 0 Å². The average Bonchev–Trinajstić information content (AvgIpc) is 2.86. The predicted molar refractivity (Wildman–Crippen MR) is 71.0 cm³/mol. The number of hydrogen-bond acceptors (Lipinski definition) is 3. The average molecular weight is 244 g/mol. The van der Waals surface area contributed by atoms with E-state index >= 15 is 0 Å². The topological polar surface area (TPSA) is 45.0 Å². The van der Waals surface area contributed by atoms with Gasteiger partial charge in [-0.05, 0) is 24.8 Å². The third kappa shape index (κ3) is 3.10. The van der Waals surface area contributed by atoms with Crippen LogP contribution < -0.4 is 5.32 Å². The van der Waals surface area contributed by atoms with Crippen molar-refractivity contribution in [1.82, 2.24) is 5.32 Å². The zero-order valence-electron chi connectivity index (χ0n) is 10.8. The Hall–Kier alpha value is -1.37. The Kier molecular flexibility index (Phi) is 4.74. The highest BCUT2D eigenvalue weighted by Gasteiger charge is 2.29. The highest BCUT2D eigenvalue weighted by molar-refractivity contribution is 5.20. The minimum atomic E-state index is 0.108. The molecule has 3 atom stereocenters. The van der Waals surface area contributed by atoms with Crippen LogP contribution >= 0.6 is 0 Å². The van der Waals surface area contributed by atoms with Crippen molar-refractivity contribution < 1.29 is 4.74 Å². The maximum Gasteiger partial charge on any atom is 0.0724 e. The second kappa shape index (κ2) is 6.53. The highest BCUT2D eigenvalue weighted by Crippen LogP contribution is 2.25. The highest BCUT2D eigenvalue weighted by atomic mass is 16.5. The van der Waals surface area contributed by atoms with Gasteiger partial charge in [0.05, 0.1) is 18.6 Å². The van der Waals surface area contributed by atoms with Gasteiger partial charge >= 0.3 is 0 Å². The lowest BCUT2D eigenvalue weighted by Crippen LogP contribution is -2.39. The van der Waals surface area contributed by atoms with Crippen LogP contribution in [0.25, 0.3) is 0 Å². The van der Waals surface area contributed by atoms with Crippen LogP contribution in [0.3, 0.4) is 0 Å². The second-order valence-corrected chi connectivity index (χ2v) is 4.80. The molecule has 0 heterocycles. The Morgan fingerprint density at radius 1 is 1.39 bits per heavy atom. The Bertz CT molecular complexity index is 399. The normalized spacial score (nSPS) is 24.7. The summed E-state index contributed by atoms with van der Waals surface area (Å²) in [4.78, 5) is 0. The van der Waals surface area contributed by atoms with Gasteiger partial charge in [-0.3, -0.25) is 0 Å². The summed E-state index contributed by atoms with van der Waals surface area (Å²) in [6.45, 7) is 0. The summed E-state index contributed by atoms with van der Waals surface area (Å²) in [6.07, 6.45) is 4.23. The first kappa shape index (κ1) is 13.1. The SMILES string of the molecule is COC1CCCC1NC(CC#N)c1ccccc1. The van der Waals surface area contributed by atoms with Gasteiger partial charge in [-0.15, -0.1) is 0 Å². The number of methoxy groups -OCH3 is 1. The van der Waals surface area contributed by atoms with E-state index in [9.17, 15) is 0 Å². The van der Waals surface area contributed by atoms with Crippen LogP contribution in [0.5, 0.6) is 0 Å². The molecule has 0 saturated heterocycles. The molecule has 0 aromatic heterocycles. The minimum Gasteiger partial charge on any atom is -0.380 e. The van der Waals surface area contributed by atoms with Crippen molar-refractivity contribution in [3.63, 3.8) is 0 Å². The molecule has 0 aliphatic heterocycles. The molecule has 3 heteroatoms. The van der Waals surface area contributed by atoms with E-state index in [1.54, 1.807) is 7.11 Å². The maximum atomic E-state index is 8.97. The third-order valence-corrected chi connectivity index (χ3v) is 3.67. The quantitative estimate of drug-likeness (QED) is 0.866. The van der Waals surface area contributed by atoms with Crippen LogP contribution in [0.4, 0.5) is 0 Å². The molecule has 1 N–H and O–H groups in total. The fraction of sp³-hybridized carbons (Fsp3) is 0.533. The molecule has 1 aliphatic rings. The van der Waals surface area contributed by atoms with Crippen molar-refractivity contribution >= 4 is 0 Å². The van der Waals surface area contributed by atoms with Gasteiger partial charge in [-0.1, -0.05) is 30.3 Å². The molecule has 18 heavy (non-hydrogen) atoms. The fourth-order valence-corrected chi connectivity index (χ4v) is 2.71.